The van der Waals surface area contributed by atoms with E-state index in [-0.39, 0.29) is 35.5 Å². The number of hydrogen-bond acceptors (Lipinski definition) is 5. The predicted molar refractivity (Wildman–Crippen MR) is 182 cm³/mol. The van der Waals surface area contributed by atoms with E-state index in [0.29, 0.717) is 29.4 Å². The van der Waals surface area contributed by atoms with E-state index in [4.69, 9.17) is 16.3 Å². The molecule has 0 spiro atoms. The van der Waals surface area contributed by atoms with Gasteiger partial charge in [-0.25, -0.2) is 12.8 Å². The number of benzene rings is 4. The first-order valence-electron chi connectivity index (χ1n) is 15.4. The molecule has 4 aromatic rings. The van der Waals surface area contributed by atoms with Crippen molar-refractivity contribution < 1.29 is 27.1 Å². The number of carbonyl (C=O) groups excluding carboxylic acids is 2. The molecule has 2 amide bonds. The van der Waals surface area contributed by atoms with Gasteiger partial charge in [-0.1, -0.05) is 61.0 Å². The zero-order valence-corrected chi connectivity index (χ0v) is 28.2. The Kier molecular flexibility index (Phi) is 12.4. The van der Waals surface area contributed by atoms with Gasteiger partial charge < -0.3 is 15.0 Å². The Morgan fingerprint density at radius 3 is 2.17 bits per heavy atom. The van der Waals surface area contributed by atoms with Gasteiger partial charge in [0.1, 0.15) is 24.2 Å². The summed E-state index contributed by atoms with van der Waals surface area (Å²) in [7, 11) is -4.38. The molecule has 0 aromatic heterocycles. The Hall–Kier alpha value is -4.41. The molecule has 47 heavy (non-hydrogen) atoms. The second-order valence-electron chi connectivity index (χ2n) is 11.1. The Morgan fingerprint density at radius 1 is 0.894 bits per heavy atom. The number of carbonyl (C=O) groups is 2. The molecule has 4 rings (SSSR count). The lowest BCUT2D eigenvalue weighted by atomic mass is 10.0. The minimum atomic E-state index is -4.38. The summed E-state index contributed by atoms with van der Waals surface area (Å²) >= 11 is 6.30. The lowest BCUT2D eigenvalue weighted by Gasteiger charge is -2.34. The van der Waals surface area contributed by atoms with Crippen LogP contribution in [0.1, 0.15) is 38.3 Å². The smallest absolute Gasteiger partial charge is 0.264 e. The normalized spacial score (nSPS) is 12.5. The third-order valence-electron chi connectivity index (χ3n) is 7.63. The van der Waals surface area contributed by atoms with Crippen molar-refractivity contribution in [1.82, 2.24) is 10.2 Å². The van der Waals surface area contributed by atoms with Crippen molar-refractivity contribution in [2.75, 3.05) is 17.5 Å². The van der Waals surface area contributed by atoms with Crippen LogP contribution in [-0.2, 0) is 32.6 Å². The Bertz CT molecular complexity index is 1740. The van der Waals surface area contributed by atoms with Crippen LogP contribution in [-0.4, -0.2) is 50.4 Å². The van der Waals surface area contributed by atoms with E-state index >= 15 is 0 Å². The van der Waals surface area contributed by atoms with Crippen LogP contribution in [0, 0.1) is 5.82 Å². The number of nitrogens with zero attached hydrogens (tertiary/aromatic N) is 2. The number of sulfonamides is 1. The Labute approximate surface area is 281 Å². The number of halogens is 2. The molecule has 0 saturated carbocycles. The molecule has 0 fully saturated rings. The van der Waals surface area contributed by atoms with Gasteiger partial charge in [0.05, 0.1) is 17.2 Å². The van der Waals surface area contributed by atoms with Crippen LogP contribution in [0.25, 0.3) is 0 Å². The Morgan fingerprint density at radius 2 is 1.55 bits per heavy atom. The summed E-state index contributed by atoms with van der Waals surface area (Å²) in [6, 6.07) is 25.8. The van der Waals surface area contributed by atoms with Gasteiger partial charge in [-0.05, 0) is 92.1 Å². The van der Waals surface area contributed by atoms with Gasteiger partial charge in [-0.3, -0.25) is 13.9 Å². The first-order valence-corrected chi connectivity index (χ1v) is 17.2. The fourth-order valence-electron chi connectivity index (χ4n) is 4.96. The average Bonchev–Trinajstić information content (AvgIpc) is 3.06. The van der Waals surface area contributed by atoms with E-state index in [1.54, 1.807) is 36.4 Å². The maximum absolute atomic E-state index is 14.5. The average molecular weight is 680 g/mol. The summed E-state index contributed by atoms with van der Waals surface area (Å²) in [4.78, 5) is 29.6. The van der Waals surface area contributed by atoms with Gasteiger partial charge >= 0.3 is 0 Å². The van der Waals surface area contributed by atoms with Crippen LogP contribution in [0.5, 0.6) is 5.75 Å². The number of hydrogen-bond donors (Lipinski definition) is 1. The van der Waals surface area contributed by atoms with Gasteiger partial charge in [-0.15, -0.1) is 0 Å². The summed E-state index contributed by atoms with van der Waals surface area (Å²) < 4.78 is 48.5. The van der Waals surface area contributed by atoms with Crippen LogP contribution in [0.3, 0.4) is 0 Å². The molecule has 0 radical (unpaired) electrons. The molecule has 0 bridgehead atoms. The summed E-state index contributed by atoms with van der Waals surface area (Å²) in [6.07, 6.45) is 0.858. The Balaban J connectivity index is 1.81. The highest BCUT2D eigenvalue weighted by atomic mass is 35.5. The second-order valence-corrected chi connectivity index (χ2v) is 13.4. The molecule has 1 N–H and O–H groups in total. The van der Waals surface area contributed by atoms with Crippen LogP contribution >= 0.6 is 11.6 Å². The largest absolute Gasteiger partial charge is 0.494 e. The van der Waals surface area contributed by atoms with Crippen molar-refractivity contribution in [3.63, 3.8) is 0 Å². The van der Waals surface area contributed by atoms with Gasteiger partial charge in [-0.2, -0.15) is 0 Å². The highest BCUT2D eigenvalue weighted by molar-refractivity contribution is 7.92. The first-order chi connectivity index (χ1) is 22.5. The number of amides is 2. The maximum Gasteiger partial charge on any atom is 0.264 e. The molecular weight excluding hydrogens is 641 g/mol. The molecule has 0 unspecified atom stereocenters. The molecule has 0 heterocycles. The SMILES string of the molecule is CCOc1ccc(N(CC(=O)N(Cc2cccc(Cl)c2)[C@@H](Cc2ccccc2)C(=O)N[C@@H](C)CC)S(=O)(=O)c2ccc(F)cc2)cc1. The van der Waals surface area contributed by atoms with E-state index in [0.717, 1.165) is 34.1 Å². The highest BCUT2D eigenvalue weighted by Crippen LogP contribution is 2.27. The van der Waals surface area contributed by atoms with Gasteiger partial charge in [0.2, 0.25) is 11.8 Å². The van der Waals surface area contributed by atoms with Gasteiger partial charge in [0.15, 0.2) is 0 Å². The third-order valence-corrected chi connectivity index (χ3v) is 9.65. The van der Waals surface area contributed by atoms with Crippen LogP contribution in [0.15, 0.2) is 108 Å². The van der Waals surface area contributed by atoms with E-state index in [1.165, 1.54) is 17.0 Å². The third kappa shape index (κ3) is 9.56. The quantitative estimate of drug-likeness (QED) is 0.152. The lowest BCUT2D eigenvalue weighted by Crippen LogP contribution is -2.54. The molecule has 8 nitrogen and oxygen atoms in total. The van der Waals surface area contributed by atoms with Crippen LogP contribution in [0.4, 0.5) is 10.1 Å². The molecule has 0 aliphatic rings. The van der Waals surface area contributed by atoms with Crippen molar-refractivity contribution >= 4 is 39.1 Å². The summed E-state index contributed by atoms with van der Waals surface area (Å²) in [5.74, 6) is -1.07. The van der Waals surface area contributed by atoms with Crippen molar-refractivity contribution in [2.24, 2.45) is 0 Å². The maximum atomic E-state index is 14.5. The van der Waals surface area contributed by atoms with Crippen molar-refractivity contribution in [1.29, 1.82) is 0 Å². The molecule has 2 atom stereocenters. The van der Waals surface area contributed by atoms with E-state index < -0.39 is 34.3 Å². The zero-order chi connectivity index (χ0) is 34.0. The fraction of sp³-hybridized carbons (Fsp3) is 0.278. The van der Waals surface area contributed by atoms with E-state index in [1.807, 2.05) is 51.1 Å². The molecule has 0 saturated heterocycles. The second kappa shape index (κ2) is 16.4. The predicted octanol–water partition coefficient (Wildman–Crippen LogP) is 6.63. The standard InChI is InChI=1S/C36H39ClFN3O5S/c1-4-26(3)39-36(43)34(23-27-10-7-6-8-11-27)40(24-28-12-9-13-29(37)22-28)35(42)25-41(31-16-18-32(19-17-31)46-5-2)47(44,45)33-20-14-30(38)15-21-33/h6-22,26,34H,4-5,23-25H2,1-3H3,(H,39,43)/t26-,34-/m0/s1. The molecule has 0 aliphatic heterocycles. The van der Waals surface area contributed by atoms with Crippen molar-refractivity contribution in [2.45, 2.75) is 57.1 Å². The summed E-state index contributed by atoms with van der Waals surface area (Å²) in [6.45, 7) is 5.41. The molecule has 4 aromatic carbocycles. The molecule has 11 heteroatoms. The number of anilines is 1. The first kappa shape index (κ1) is 35.4. The summed E-state index contributed by atoms with van der Waals surface area (Å²) in [5.41, 5.74) is 1.68. The monoisotopic (exact) mass is 679 g/mol. The fourth-order valence-corrected chi connectivity index (χ4v) is 6.59. The molecular formula is C36H39ClFN3O5S. The highest BCUT2D eigenvalue weighted by Gasteiger charge is 2.35. The lowest BCUT2D eigenvalue weighted by molar-refractivity contribution is -0.140. The van der Waals surface area contributed by atoms with Crippen molar-refractivity contribution in [3.8, 4) is 5.75 Å². The number of rotatable bonds is 15. The summed E-state index contributed by atoms with van der Waals surface area (Å²) in [5, 5.41) is 3.46. The van der Waals surface area contributed by atoms with E-state index in [2.05, 4.69) is 5.32 Å². The minimum absolute atomic E-state index is 0.0153. The van der Waals surface area contributed by atoms with Crippen molar-refractivity contribution in [3.05, 3.63) is 125 Å². The van der Waals surface area contributed by atoms with Crippen LogP contribution in [0.2, 0.25) is 5.02 Å². The minimum Gasteiger partial charge on any atom is -0.494 e. The van der Waals surface area contributed by atoms with Gasteiger partial charge in [0, 0.05) is 24.0 Å². The number of ether oxygens (including phenoxy) is 1. The molecule has 0 aliphatic carbocycles. The van der Waals surface area contributed by atoms with Gasteiger partial charge in [0.25, 0.3) is 10.0 Å². The molecule has 248 valence electrons. The number of nitrogens with one attached hydrogen (secondary N) is 1. The zero-order valence-electron chi connectivity index (χ0n) is 26.6. The van der Waals surface area contributed by atoms with Crippen LogP contribution < -0.4 is 14.4 Å². The van der Waals surface area contributed by atoms with E-state index in [9.17, 15) is 22.4 Å². The topological polar surface area (TPSA) is 96.0 Å².